The van der Waals surface area contributed by atoms with Gasteiger partial charge in [0, 0.05) is 31.7 Å². The van der Waals surface area contributed by atoms with Gasteiger partial charge in [0.05, 0.1) is 6.61 Å². The van der Waals surface area contributed by atoms with E-state index in [1.54, 1.807) is 0 Å². The highest BCUT2D eigenvalue weighted by atomic mass is 16.5. The lowest BCUT2D eigenvalue weighted by molar-refractivity contribution is -0.128. The summed E-state index contributed by atoms with van der Waals surface area (Å²) in [6.07, 6.45) is 5.21. The Kier molecular flexibility index (Phi) is 5.49. The lowest BCUT2D eigenvalue weighted by atomic mass is 9.64. The molecule has 0 bridgehead atoms. The highest BCUT2D eigenvalue weighted by molar-refractivity contribution is 5.79. The molecular weight excluding hydrogens is 312 g/mol. The summed E-state index contributed by atoms with van der Waals surface area (Å²) in [5.41, 5.74) is 1.69. The fourth-order valence-electron chi connectivity index (χ4n) is 4.78. The van der Waals surface area contributed by atoms with Gasteiger partial charge in [-0.05, 0) is 57.7 Å². The molecule has 3 rings (SSSR count). The van der Waals surface area contributed by atoms with Crippen molar-refractivity contribution in [3.05, 3.63) is 35.9 Å². The van der Waals surface area contributed by atoms with Crippen LogP contribution in [0.25, 0.3) is 0 Å². The number of benzene rings is 1. The molecule has 1 heterocycles. The van der Waals surface area contributed by atoms with E-state index in [2.05, 4.69) is 49.3 Å². The minimum atomic E-state index is 0.105. The first kappa shape index (κ1) is 18.4. The number of hydrogen-bond acceptors (Lipinski definition) is 3. The molecule has 0 atom stereocenters. The van der Waals surface area contributed by atoms with Gasteiger partial charge < -0.3 is 9.64 Å². The summed E-state index contributed by atoms with van der Waals surface area (Å²) in [5, 5.41) is 0. The van der Waals surface area contributed by atoms with E-state index in [4.69, 9.17) is 4.74 Å². The minimum Gasteiger partial charge on any atom is -0.380 e. The van der Waals surface area contributed by atoms with Crippen molar-refractivity contribution in [1.29, 1.82) is 0 Å². The summed E-state index contributed by atoms with van der Waals surface area (Å²) in [7, 11) is 4.39. The third-order valence-corrected chi connectivity index (χ3v) is 6.42. The van der Waals surface area contributed by atoms with Gasteiger partial charge in [-0.25, -0.2) is 0 Å². The number of carbonyl (C=O) groups excluding carboxylic acids is 1. The van der Waals surface area contributed by atoms with Crippen molar-refractivity contribution in [3.63, 3.8) is 0 Å². The van der Waals surface area contributed by atoms with Crippen LogP contribution in [0.1, 0.15) is 44.6 Å². The average Bonchev–Trinajstić information content (AvgIpc) is 2.92. The minimum absolute atomic E-state index is 0.105. The van der Waals surface area contributed by atoms with Gasteiger partial charge >= 0.3 is 0 Å². The maximum Gasteiger partial charge on any atom is 0.223 e. The highest BCUT2D eigenvalue weighted by Gasteiger charge is 2.49. The van der Waals surface area contributed by atoms with E-state index in [0.717, 1.165) is 51.8 Å². The quantitative estimate of drug-likeness (QED) is 0.743. The van der Waals surface area contributed by atoms with Crippen LogP contribution in [-0.2, 0) is 15.1 Å². The van der Waals surface area contributed by atoms with Crippen molar-refractivity contribution in [2.75, 3.05) is 40.4 Å². The molecule has 1 aromatic rings. The van der Waals surface area contributed by atoms with Crippen LogP contribution in [0.3, 0.4) is 0 Å². The number of hydrogen-bond donors (Lipinski definition) is 0. The SMILES string of the molecule is CCOCCN1CC2(CCC(c3ccccc3)(N(C)C)CC2)CC1=O. The summed E-state index contributed by atoms with van der Waals surface area (Å²) >= 11 is 0. The van der Waals surface area contributed by atoms with E-state index < -0.39 is 0 Å². The fraction of sp³-hybridized carbons (Fsp3) is 0.667. The molecule has 2 aliphatic rings. The van der Waals surface area contributed by atoms with E-state index in [-0.39, 0.29) is 11.0 Å². The van der Waals surface area contributed by atoms with E-state index in [1.807, 2.05) is 11.8 Å². The van der Waals surface area contributed by atoms with Gasteiger partial charge in [-0.15, -0.1) is 0 Å². The van der Waals surface area contributed by atoms with Gasteiger partial charge in [-0.3, -0.25) is 9.69 Å². The molecular formula is C21H32N2O2. The molecule has 2 fully saturated rings. The molecule has 4 heteroatoms. The summed E-state index contributed by atoms with van der Waals surface area (Å²) in [4.78, 5) is 16.9. The van der Waals surface area contributed by atoms with Gasteiger partial charge in [0.15, 0.2) is 0 Å². The van der Waals surface area contributed by atoms with E-state index in [1.165, 1.54) is 5.56 Å². The van der Waals surface area contributed by atoms with Crippen molar-refractivity contribution in [2.45, 2.75) is 44.6 Å². The topological polar surface area (TPSA) is 32.8 Å². The molecule has 0 aromatic heterocycles. The van der Waals surface area contributed by atoms with E-state index >= 15 is 0 Å². The summed E-state index contributed by atoms with van der Waals surface area (Å²) in [5.74, 6) is 0.316. The van der Waals surface area contributed by atoms with Crippen LogP contribution in [-0.4, -0.2) is 56.1 Å². The summed E-state index contributed by atoms with van der Waals surface area (Å²) in [6, 6.07) is 10.9. The molecule has 1 amide bonds. The maximum atomic E-state index is 12.5. The van der Waals surface area contributed by atoms with Crippen LogP contribution in [0.4, 0.5) is 0 Å². The number of carbonyl (C=O) groups is 1. The molecule has 0 radical (unpaired) electrons. The molecule has 138 valence electrons. The molecule has 4 nitrogen and oxygen atoms in total. The Bertz CT molecular complexity index is 577. The van der Waals surface area contributed by atoms with E-state index in [0.29, 0.717) is 12.5 Å². The molecule has 1 aliphatic carbocycles. The average molecular weight is 344 g/mol. The molecule has 0 unspecified atom stereocenters. The number of nitrogens with zero attached hydrogens (tertiary/aromatic N) is 2. The summed E-state index contributed by atoms with van der Waals surface area (Å²) < 4.78 is 5.44. The first-order valence-corrected chi connectivity index (χ1v) is 9.60. The van der Waals surface area contributed by atoms with Crippen molar-refractivity contribution in [3.8, 4) is 0 Å². The van der Waals surface area contributed by atoms with Gasteiger partial charge in [0.25, 0.3) is 0 Å². The second-order valence-electron chi connectivity index (χ2n) is 7.98. The third-order valence-electron chi connectivity index (χ3n) is 6.42. The Hall–Kier alpha value is -1.39. The number of likely N-dealkylation sites (tertiary alicyclic amines) is 1. The highest BCUT2D eigenvalue weighted by Crippen LogP contribution is 2.51. The van der Waals surface area contributed by atoms with Crippen molar-refractivity contribution in [1.82, 2.24) is 9.80 Å². The van der Waals surface area contributed by atoms with Gasteiger partial charge in [0.1, 0.15) is 0 Å². The van der Waals surface area contributed by atoms with Gasteiger partial charge in [0.2, 0.25) is 5.91 Å². The Morgan fingerprint density at radius 3 is 2.40 bits per heavy atom. The Labute approximate surface area is 152 Å². The van der Waals surface area contributed by atoms with Crippen LogP contribution in [0.2, 0.25) is 0 Å². The number of ether oxygens (including phenoxy) is 1. The largest absolute Gasteiger partial charge is 0.380 e. The Morgan fingerprint density at radius 1 is 1.12 bits per heavy atom. The molecule has 1 saturated heterocycles. The Morgan fingerprint density at radius 2 is 1.80 bits per heavy atom. The van der Waals surface area contributed by atoms with Crippen LogP contribution < -0.4 is 0 Å². The van der Waals surface area contributed by atoms with Crippen molar-refractivity contribution >= 4 is 5.91 Å². The maximum absolute atomic E-state index is 12.5. The molecule has 1 aromatic carbocycles. The number of rotatable bonds is 6. The van der Waals surface area contributed by atoms with Crippen LogP contribution >= 0.6 is 0 Å². The molecule has 1 aliphatic heterocycles. The van der Waals surface area contributed by atoms with E-state index in [9.17, 15) is 4.79 Å². The number of amides is 1. The first-order chi connectivity index (χ1) is 12.0. The molecule has 1 saturated carbocycles. The van der Waals surface area contributed by atoms with Crippen molar-refractivity contribution < 1.29 is 9.53 Å². The zero-order valence-electron chi connectivity index (χ0n) is 16.0. The second-order valence-corrected chi connectivity index (χ2v) is 7.98. The lowest BCUT2D eigenvalue weighted by Crippen LogP contribution is -2.47. The third kappa shape index (κ3) is 3.61. The monoisotopic (exact) mass is 344 g/mol. The Balaban J connectivity index is 1.69. The van der Waals surface area contributed by atoms with Crippen LogP contribution in [0, 0.1) is 5.41 Å². The van der Waals surface area contributed by atoms with Crippen molar-refractivity contribution in [2.24, 2.45) is 5.41 Å². The smallest absolute Gasteiger partial charge is 0.223 e. The molecule has 0 N–H and O–H groups in total. The molecule has 1 spiro atoms. The van der Waals surface area contributed by atoms with Gasteiger partial charge in [-0.1, -0.05) is 30.3 Å². The predicted molar refractivity (Wildman–Crippen MR) is 100 cm³/mol. The molecule has 25 heavy (non-hydrogen) atoms. The standard InChI is InChI=1S/C21H32N2O2/c1-4-25-15-14-23-17-20(16-19(23)24)10-12-21(13-11-20,22(2)3)18-8-6-5-7-9-18/h5-9H,4,10-17H2,1-3H3. The first-order valence-electron chi connectivity index (χ1n) is 9.60. The zero-order valence-corrected chi connectivity index (χ0v) is 16.0. The summed E-state index contributed by atoms with van der Waals surface area (Å²) in [6.45, 7) is 5.03. The normalized spacial score (nSPS) is 29.8. The predicted octanol–water partition coefficient (Wildman–Crippen LogP) is 3.27. The lowest BCUT2D eigenvalue weighted by Gasteiger charge is -2.48. The van der Waals surface area contributed by atoms with Crippen LogP contribution in [0.15, 0.2) is 30.3 Å². The van der Waals surface area contributed by atoms with Gasteiger partial charge in [-0.2, -0.15) is 0 Å². The zero-order chi connectivity index (χ0) is 17.9. The fourth-order valence-corrected chi connectivity index (χ4v) is 4.78. The second kappa shape index (κ2) is 7.46. The van der Waals surface area contributed by atoms with Crippen LogP contribution in [0.5, 0.6) is 0 Å².